The molecule has 0 unspecified atom stereocenters. The summed E-state index contributed by atoms with van der Waals surface area (Å²) in [5.41, 5.74) is 3.30. The first-order valence-corrected chi connectivity index (χ1v) is 7.78. The van der Waals surface area contributed by atoms with E-state index in [1.165, 1.54) is 0 Å². The highest BCUT2D eigenvalue weighted by Gasteiger charge is 2.20. The predicted molar refractivity (Wildman–Crippen MR) is 91.1 cm³/mol. The van der Waals surface area contributed by atoms with E-state index in [1.807, 2.05) is 52.8 Å². The van der Waals surface area contributed by atoms with Gasteiger partial charge in [-0.25, -0.2) is 4.79 Å². The van der Waals surface area contributed by atoms with Gasteiger partial charge in [-0.1, -0.05) is 22.0 Å². The average molecular weight is 366 g/mol. The van der Waals surface area contributed by atoms with Crippen LogP contribution in [0.25, 0.3) is 11.1 Å². The summed E-state index contributed by atoms with van der Waals surface area (Å²) in [6.07, 6.45) is -0.520. The van der Waals surface area contributed by atoms with E-state index in [9.17, 15) is 4.79 Å². The van der Waals surface area contributed by atoms with Gasteiger partial charge in [0, 0.05) is 15.7 Å². The molecule has 1 aromatic carbocycles. The summed E-state index contributed by atoms with van der Waals surface area (Å²) in [5.74, 6) is 0.466. The highest BCUT2D eigenvalue weighted by atomic mass is 79.9. The smallest absolute Gasteiger partial charge is 0.413 e. The molecule has 1 aromatic heterocycles. The number of aromatic amines is 1. The van der Waals surface area contributed by atoms with Crippen LogP contribution in [0.1, 0.15) is 32.0 Å². The van der Waals surface area contributed by atoms with Crippen LogP contribution in [0, 0.1) is 13.8 Å². The lowest BCUT2D eigenvalue weighted by molar-refractivity contribution is 0.0635. The molecule has 6 heteroatoms. The highest BCUT2D eigenvalue weighted by Crippen LogP contribution is 2.33. The van der Waals surface area contributed by atoms with Gasteiger partial charge in [-0.05, 0) is 57.9 Å². The van der Waals surface area contributed by atoms with E-state index in [1.54, 1.807) is 0 Å². The van der Waals surface area contributed by atoms with Crippen molar-refractivity contribution in [1.29, 1.82) is 0 Å². The predicted octanol–water partition coefficient (Wildman–Crippen LogP) is 4.80. The van der Waals surface area contributed by atoms with Crippen LogP contribution in [-0.2, 0) is 4.74 Å². The fraction of sp³-hybridized carbons (Fsp3) is 0.375. The molecule has 22 heavy (non-hydrogen) atoms. The molecule has 0 aliphatic carbocycles. The maximum absolute atomic E-state index is 12.0. The number of ether oxygens (including phenoxy) is 1. The molecule has 0 atom stereocenters. The normalized spacial score (nSPS) is 11.4. The lowest BCUT2D eigenvalue weighted by atomic mass is 10.0. The van der Waals surface area contributed by atoms with Gasteiger partial charge in [0.1, 0.15) is 5.60 Å². The summed E-state index contributed by atoms with van der Waals surface area (Å²) in [7, 11) is 0. The number of H-pyrrole nitrogens is 1. The Labute approximate surface area is 138 Å². The van der Waals surface area contributed by atoms with E-state index in [-0.39, 0.29) is 0 Å². The van der Waals surface area contributed by atoms with Crippen molar-refractivity contribution in [3.8, 4) is 11.1 Å². The molecule has 0 aliphatic rings. The first-order valence-electron chi connectivity index (χ1n) is 6.99. The number of nitrogens with one attached hydrogen (secondary N) is 2. The molecule has 1 amide bonds. The van der Waals surface area contributed by atoms with Crippen molar-refractivity contribution in [2.45, 2.75) is 40.2 Å². The first-order chi connectivity index (χ1) is 10.2. The molecule has 0 bridgehead atoms. The summed E-state index contributed by atoms with van der Waals surface area (Å²) in [6, 6.07) is 6.01. The van der Waals surface area contributed by atoms with Crippen LogP contribution in [0.2, 0.25) is 0 Å². The maximum Gasteiger partial charge on any atom is 0.413 e. The summed E-state index contributed by atoms with van der Waals surface area (Å²) in [4.78, 5) is 12.0. The summed E-state index contributed by atoms with van der Waals surface area (Å²) in [5, 5.41) is 9.81. The van der Waals surface area contributed by atoms with Gasteiger partial charge in [-0.3, -0.25) is 10.4 Å². The standard InChI is InChI=1S/C16H20BrN3O2/c1-9-6-7-11(17)8-12(9)13-10(2)19-20-14(13)18-15(21)22-16(3,4)5/h6-8H,1-5H3,(H2,18,19,20,21). The number of amides is 1. The van der Waals surface area contributed by atoms with E-state index in [4.69, 9.17) is 4.74 Å². The Balaban J connectivity index is 2.36. The van der Waals surface area contributed by atoms with Gasteiger partial charge < -0.3 is 4.74 Å². The number of benzene rings is 1. The Morgan fingerprint density at radius 2 is 2.00 bits per heavy atom. The van der Waals surface area contributed by atoms with Gasteiger partial charge >= 0.3 is 6.09 Å². The second-order valence-electron chi connectivity index (χ2n) is 6.16. The molecular weight excluding hydrogens is 346 g/mol. The van der Waals surface area contributed by atoms with Gasteiger partial charge in [0.05, 0.1) is 0 Å². The minimum atomic E-state index is -0.554. The number of hydrogen-bond acceptors (Lipinski definition) is 3. The van der Waals surface area contributed by atoms with Gasteiger partial charge in [-0.15, -0.1) is 0 Å². The molecular formula is C16H20BrN3O2. The van der Waals surface area contributed by atoms with Crippen molar-refractivity contribution in [3.05, 3.63) is 33.9 Å². The van der Waals surface area contributed by atoms with Crippen LogP contribution in [0.3, 0.4) is 0 Å². The van der Waals surface area contributed by atoms with Crippen LogP contribution in [0.15, 0.2) is 22.7 Å². The zero-order valence-electron chi connectivity index (χ0n) is 13.4. The molecule has 5 nitrogen and oxygen atoms in total. The maximum atomic E-state index is 12.0. The molecule has 0 radical (unpaired) electrons. The third kappa shape index (κ3) is 3.88. The molecule has 0 aliphatic heterocycles. The molecule has 0 saturated heterocycles. The summed E-state index contributed by atoms with van der Waals surface area (Å²) < 4.78 is 6.25. The number of nitrogens with zero attached hydrogens (tertiary/aromatic N) is 1. The Kier molecular flexibility index (Phi) is 4.60. The average Bonchev–Trinajstić information content (AvgIpc) is 2.71. The number of rotatable bonds is 2. The number of carbonyl (C=O) groups excluding carboxylic acids is 1. The number of hydrogen-bond donors (Lipinski definition) is 2. The Morgan fingerprint density at radius 1 is 1.32 bits per heavy atom. The van der Waals surface area contributed by atoms with Crippen LogP contribution in [-0.4, -0.2) is 21.9 Å². The van der Waals surface area contributed by atoms with Gasteiger partial charge in [0.25, 0.3) is 0 Å². The molecule has 2 N–H and O–H groups in total. The molecule has 0 saturated carbocycles. The first kappa shape index (κ1) is 16.5. The quantitative estimate of drug-likeness (QED) is 0.802. The third-order valence-electron chi connectivity index (χ3n) is 3.04. The van der Waals surface area contributed by atoms with E-state index < -0.39 is 11.7 Å². The number of carbonyl (C=O) groups is 1. The van der Waals surface area contributed by atoms with Crippen molar-refractivity contribution >= 4 is 27.8 Å². The van der Waals surface area contributed by atoms with Crippen molar-refractivity contribution in [2.75, 3.05) is 5.32 Å². The lowest BCUT2D eigenvalue weighted by Gasteiger charge is -2.19. The van der Waals surface area contributed by atoms with Crippen LogP contribution in [0.5, 0.6) is 0 Å². The Morgan fingerprint density at radius 3 is 2.64 bits per heavy atom. The topological polar surface area (TPSA) is 67.0 Å². The second kappa shape index (κ2) is 6.12. The molecule has 118 valence electrons. The molecule has 0 spiro atoms. The van der Waals surface area contributed by atoms with Crippen LogP contribution >= 0.6 is 15.9 Å². The zero-order valence-corrected chi connectivity index (χ0v) is 15.0. The van der Waals surface area contributed by atoms with Crippen LogP contribution in [0.4, 0.5) is 10.6 Å². The summed E-state index contributed by atoms with van der Waals surface area (Å²) in [6.45, 7) is 9.40. The number of aryl methyl sites for hydroxylation is 2. The monoisotopic (exact) mass is 365 g/mol. The van der Waals surface area contributed by atoms with Crippen molar-refractivity contribution in [3.63, 3.8) is 0 Å². The summed E-state index contributed by atoms with van der Waals surface area (Å²) >= 11 is 3.48. The molecule has 0 fully saturated rings. The number of aromatic nitrogens is 2. The lowest BCUT2D eigenvalue weighted by Crippen LogP contribution is -2.27. The van der Waals surface area contributed by atoms with E-state index in [0.29, 0.717) is 5.82 Å². The second-order valence-corrected chi connectivity index (χ2v) is 7.07. The fourth-order valence-corrected chi connectivity index (χ4v) is 2.47. The minimum absolute atomic E-state index is 0.466. The third-order valence-corrected chi connectivity index (χ3v) is 3.53. The molecule has 2 aromatic rings. The van der Waals surface area contributed by atoms with Crippen molar-refractivity contribution < 1.29 is 9.53 Å². The van der Waals surface area contributed by atoms with Crippen molar-refractivity contribution in [1.82, 2.24) is 10.2 Å². The zero-order chi connectivity index (χ0) is 16.5. The van der Waals surface area contributed by atoms with E-state index in [2.05, 4.69) is 31.4 Å². The van der Waals surface area contributed by atoms with Crippen LogP contribution < -0.4 is 5.32 Å². The largest absolute Gasteiger partial charge is 0.444 e. The highest BCUT2D eigenvalue weighted by molar-refractivity contribution is 9.10. The van der Waals surface area contributed by atoms with Gasteiger partial charge in [0.15, 0.2) is 5.82 Å². The minimum Gasteiger partial charge on any atom is -0.444 e. The molecule has 1 heterocycles. The SMILES string of the molecule is Cc1ccc(Br)cc1-c1c(NC(=O)OC(C)(C)C)n[nH]c1C. The molecule has 2 rings (SSSR count). The van der Waals surface area contributed by atoms with E-state index >= 15 is 0 Å². The Bertz CT molecular complexity index is 702. The van der Waals surface area contributed by atoms with E-state index in [0.717, 1.165) is 26.9 Å². The van der Waals surface area contributed by atoms with Gasteiger partial charge in [-0.2, -0.15) is 5.10 Å². The Hall–Kier alpha value is -1.82. The van der Waals surface area contributed by atoms with Gasteiger partial charge in [0.2, 0.25) is 0 Å². The van der Waals surface area contributed by atoms with Crippen molar-refractivity contribution in [2.24, 2.45) is 0 Å². The number of halogens is 1. The fourth-order valence-electron chi connectivity index (χ4n) is 2.11. The number of anilines is 1.